The van der Waals surface area contributed by atoms with Crippen molar-refractivity contribution >= 4 is 15.5 Å². The third-order valence-corrected chi connectivity index (χ3v) is 4.03. The predicted octanol–water partition coefficient (Wildman–Crippen LogP) is 1.99. The number of sulfone groups is 1. The number of nitrogens with one attached hydrogen (secondary N) is 1. The van der Waals surface area contributed by atoms with Crippen molar-refractivity contribution in [2.75, 3.05) is 18.4 Å². The molecule has 0 aliphatic heterocycles. The average molecular weight is 296 g/mol. The summed E-state index contributed by atoms with van der Waals surface area (Å²) in [6.45, 7) is 2.95. The third kappa shape index (κ3) is 3.84. The SMILES string of the molecule is CC(CN)CNc1ccc(S(=O)(=O)C(F)(F)F)cc1. The minimum absolute atomic E-state index is 0.207. The lowest BCUT2D eigenvalue weighted by Crippen LogP contribution is -2.23. The zero-order valence-corrected chi connectivity index (χ0v) is 11.1. The molecular formula is C11H15F3N2O2S. The molecule has 1 rings (SSSR count). The maximum absolute atomic E-state index is 12.3. The van der Waals surface area contributed by atoms with Crippen LogP contribution in [0.4, 0.5) is 18.9 Å². The van der Waals surface area contributed by atoms with Crippen molar-refractivity contribution in [2.45, 2.75) is 17.3 Å². The molecule has 8 heteroatoms. The molecule has 0 bridgehead atoms. The number of hydrogen-bond acceptors (Lipinski definition) is 4. The number of hydrogen-bond donors (Lipinski definition) is 2. The Morgan fingerprint density at radius 3 is 2.21 bits per heavy atom. The Labute approximate surface area is 109 Å². The lowest BCUT2D eigenvalue weighted by atomic mass is 10.2. The molecule has 3 N–H and O–H groups in total. The van der Waals surface area contributed by atoms with Gasteiger partial charge in [0.05, 0.1) is 4.90 Å². The summed E-state index contributed by atoms with van der Waals surface area (Å²) in [4.78, 5) is -0.766. The highest BCUT2D eigenvalue weighted by molar-refractivity contribution is 7.92. The highest BCUT2D eigenvalue weighted by atomic mass is 32.2. The highest BCUT2D eigenvalue weighted by Crippen LogP contribution is 2.30. The molecule has 0 saturated heterocycles. The van der Waals surface area contributed by atoms with Crippen LogP contribution in [0.15, 0.2) is 29.2 Å². The van der Waals surface area contributed by atoms with E-state index in [2.05, 4.69) is 5.32 Å². The summed E-state index contributed by atoms with van der Waals surface area (Å²) in [5, 5.41) is 2.96. The fourth-order valence-corrected chi connectivity index (χ4v) is 2.02. The van der Waals surface area contributed by atoms with Gasteiger partial charge in [-0.2, -0.15) is 13.2 Å². The molecule has 0 spiro atoms. The number of alkyl halides is 3. The third-order valence-electron chi connectivity index (χ3n) is 2.53. The Bertz CT molecular complexity index is 512. The lowest BCUT2D eigenvalue weighted by Gasteiger charge is -2.12. The van der Waals surface area contributed by atoms with Gasteiger partial charge in [0.25, 0.3) is 9.84 Å². The number of nitrogens with two attached hydrogens (primary N) is 1. The molecule has 0 aromatic heterocycles. The molecule has 0 aliphatic carbocycles. The van der Waals surface area contributed by atoms with E-state index in [0.29, 0.717) is 18.8 Å². The topological polar surface area (TPSA) is 72.2 Å². The van der Waals surface area contributed by atoms with Crippen molar-refractivity contribution < 1.29 is 21.6 Å². The van der Waals surface area contributed by atoms with Crippen LogP contribution in [0.5, 0.6) is 0 Å². The molecule has 0 saturated carbocycles. The molecule has 0 fully saturated rings. The van der Waals surface area contributed by atoms with Gasteiger partial charge in [-0.1, -0.05) is 6.92 Å². The van der Waals surface area contributed by atoms with Gasteiger partial charge in [-0.15, -0.1) is 0 Å². The van der Waals surface area contributed by atoms with Crippen molar-refractivity contribution in [3.05, 3.63) is 24.3 Å². The summed E-state index contributed by atoms with van der Waals surface area (Å²) in [6.07, 6.45) is 0. The van der Waals surface area contributed by atoms with E-state index in [-0.39, 0.29) is 5.92 Å². The van der Waals surface area contributed by atoms with E-state index >= 15 is 0 Å². The first-order valence-corrected chi connectivity index (χ1v) is 7.02. The van der Waals surface area contributed by atoms with E-state index in [1.807, 2.05) is 6.92 Å². The van der Waals surface area contributed by atoms with Crippen LogP contribution in [-0.4, -0.2) is 27.0 Å². The Kier molecular flexibility index (Phi) is 4.81. The summed E-state index contributed by atoms with van der Waals surface area (Å²) in [7, 11) is -5.28. The second-order valence-electron chi connectivity index (χ2n) is 4.20. The Morgan fingerprint density at radius 2 is 1.79 bits per heavy atom. The average Bonchev–Trinajstić information content (AvgIpc) is 2.35. The highest BCUT2D eigenvalue weighted by Gasteiger charge is 2.46. The van der Waals surface area contributed by atoms with Crippen molar-refractivity contribution in [3.8, 4) is 0 Å². The fraction of sp³-hybridized carbons (Fsp3) is 0.455. The van der Waals surface area contributed by atoms with Crippen LogP contribution in [0.25, 0.3) is 0 Å². The second-order valence-corrected chi connectivity index (χ2v) is 6.14. The fourth-order valence-electron chi connectivity index (χ4n) is 1.26. The lowest BCUT2D eigenvalue weighted by molar-refractivity contribution is -0.0436. The van der Waals surface area contributed by atoms with Crippen LogP contribution < -0.4 is 11.1 Å². The van der Waals surface area contributed by atoms with E-state index < -0.39 is 20.2 Å². The molecule has 0 amide bonds. The van der Waals surface area contributed by atoms with E-state index in [4.69, 9.17) is 5.73 Å². The quantitative estimate of drug-likeness (QED) is 0.871. The van der Waals surface area contributed by atoms with E-state index in [1.54, 1.807) is 0 Å². The standard InChI is InChI=1S/C11H15F3N2O2S/c1-8(6-15)7-16-9-2-4-10(5-3-9)19(17,18)11(12,13)14/h2-5,8,16H,6-7,15H2,1H3. The van der Waals surface area contributed by atoms with Gasteiger partial charge in [0.15, 0.2) is 0 Å². The molecule has 0 aliphatic rings. The molecule has 0 heterocycles. The number of anilines is 1. The molecule has 4 nitrogen and oxygen atoms in total. The molecule has 108 valence electrons. The van der Waals surface area contributed by atoms with Crippen LogP contribution in [-0.2, 0) is 9.84 Å². The molecule has 1 aromatic rings. The number of rotatable bonds is 5. The minimum Gasteiger partial charge on any atom is -0.385 e. The van der Waals surface area contributed by atoms with Gasteiger partial charge < -0.3 is 11.1 Å². The number of benzene rings is 1. The molecule has 1 unspecified atom stereocenters. The first-order valence-electron chi connectivity index (χ1n) is 5.54. The zero-order valence-electron chi connectivity index (χ0n) is 10.2. The van der Waals surface area contributed by atoms with Crippen LogP contribution in [0.1, 0.15) is 6.92 Å². The summed E-state index contributed by atoms with van der Waals surface area (Å²) in [5.74, 6) is 0.207. The summed E-state index contributed by atoms with van der Waals surface area (Å²) < 4.78 is 59.1. The Morgan fingerprint density at radius 1 is 1.26 bits per heavy atom. The monoisotopic (exact) mass is 296 g/mol. The van der Waals surface area contributed by atoms with E-state index in [1.165, 1.54) is 12.1 Å². The van der Waals surface area contributed by atoms with Gasteiger partial charge >= 0.3 is 5.51 Å². The van der Waals surface area contributed by atoms with Crippen molar-refractivity contribution in [3.63, 3.8) is 0 Å². The minimum atomic E-state index is -5.28. The van der Waals surface area contributed by atoms with Crippen LogP contribution >= 0.6 is 0 Å². The molecule has 1 aromatic carbocycles. The van der Waals surface area contributed by atoms with Gasteiger partial charge in [0.1, 0.15) is 0 Å². The molecular weight excluding hydrogens is 281 g/mol. The first kappa shape index (κ1) is 15.8. The second kappa shape index (κ2) is 5.79. The van der Waals surface area contributed by atoms with Crippen molar-refractivity contribution in [1.29, 1.82) is 0 Å². The predicted molar refractivity (Wildman–Crippen MR) is 66.4 cm³/mol. The van der Waals surface area contributed by atoms with Gasteiger partial charge in [-0.05, 0) is 36.7 Å². The van der Waals surface area contributed by atoms with Crippen molar-refractivity contribution in [1.82, 2.24) is 0 Å². The Hall–Kier alpha value is -1.28. The number of halogens is 3. The zero-order chi connectivity index (χ0) is 14.7. The van der Waals surface area contributed by atoms with Gasteiger partial charge in [0.2, 0.25) is 0 Å². The smallest absolute Gasteiger partial charge is 0.385 e. The van der Waals surface area contributed by atoms with E-state index in [9.17, 15) is 21.6 Å². The summed E-state index contributed by atoms with van der Waals surface area (Å²) >= 11 is 0. The largest absolute Gasteiger partial charge is 0.501 e. The molecule has 1 atom stereocenters. The van der Waals surface area contributed by atoms with Crippen LogP contribution in [0.2, 0.25) is 0 Å². The van der Waals surface area contributed by atoms with Gasteiger partial charge in [-0.3, -0.25) is 0 Å². The first-order chi connectivity index (χ1) is 8.68. The normalized spacial score (nSPS) is 14.2. The van der Waals surface area contributed by atoms with Crippen molar-refractivity contribution in [2.24, 2.45) is 11.7 Å². The van der Waals surface area contributed by atoms with Crippen LogP contribution in [0, 0.1) is 5.92 Å². The van der Waals surface area contributed by atoms with Gasteiger partial charge in [-0.25, -0.2) is 8.42 Å². The summed E-state index contributed by atoms with van der Waals surface area (Å²) in [6, 6.07) is 4.44. The maximum atomic E-state index is 12.3. The molecule has 19 heavy (non-hydrogen) atoms. The van der Waals surface area contributed by atoms with Crippen LogP contribution in [0.3, 0.4) is 0 Å². The van der Waals surface area contributed by atoms with Gasteiger partial charge in [0, 0.05) is 12.2 Å². The molecule has 0 radical (unpaired) electrons. The van der Waals surface area contributed by atoms with E-state index in [0.717, 1.165) is 12.1 Å². The Balaban J connectivity index is 2.83. The summed E-state index contributed by atoms with van der Waals surface area (Å²) in [5.41, 5.74) is 0.682. The maximum Gasteiger partial charge on any atom is 0.501 e.